The first kappa shape index (κ1) is 6.16. The van der Waals surface area contributed by atoms with Crippen LogP contribution >= 0.6 is 11.6 Å². The van der Waals surface area contributed by atoms with Crippen LogP contribution in [0.2, 0.25) is 0 Å². The Morgan fingerprint density at radius 2 is 2.00 bits per heavy atom. The number of hydrogen-bond acceptors (Lipinski definition) is 3. The predicted octanol–water partition coefficient (Wildman–Crippen LogP) is 0.856. The van der Waals surface area contributed by atoms with Crippen LogP contribution in [-0.2, 0) is 0 Å². The van der Waals surface area contributed by atoms with Crippen molar-refractivity contribution in [3.05, 3.63) is 24.3 Å². The van der Waals surface area contributed by atoms with Gasteiger partial charge in [0.25, 0.3) is 5.24 Å². The minimum absolute atomic E-state index is 0.0409. The molecule has 9 heavy (non-hydrogen) atoms. The zero-order valence-corrected chi connectivity index (χ0v) is 5.17. The molecule has 0 bridgehead atoms. The molecule has 0 aromatic carbocycles. The lowest BCUT2D eigenvalue weighted by Gasteiger charge is -1.85. The highest BCUT2D eigenvalue weighted by atomic mass is 35.5. The van der Waals surface area contributed by atoms with E-state index in [1.807, 2.05) is 0 Å². The van der Waals surface area contributed by atoms with Crippen molar-refractivity contribution >= 4 is 16.8 Å². The summed E-state index contributed by atoms with van der Waals surface area (Å²) in [5.41, 5.74) is 0. The van der Waals surface area contributed by atoms with Gasteiger partial charge in [-0.2, -0.15) is 0 Å². The zero-order chi connectivity index (χ0) is 6.69. The maximum Gasteiger partial charge on any atom is 0.289 e. The summed E-state index contributed by atoms with van der Waals surface area (Å²) in [4.78, 5) is 17.5. The van der Waals surface area contributed by atoms with Gasteiger partial charge in [0.2, 0.25) is 5.82 Å². The third-order valence-electron chi connectivity index (χ3n) is 0.742. The van der Waals surface area contributed by atoms with Crippen molar-refractivity contribution in [2.75, 3.05) is 0 Å². The van der Waals surface area contributed by atoms with Crippen LogP contribution in [0, 0.1) is 0 Å². The minimum atomic E-state index is -0.629. The van der Waals surface area contributed by atoms with Gasteiger partial charge in [-0.05, 0) is 17.7 Å². The average molecular weight is 143 g/mol. The van der Waals surface area contributed by atoms with Gasteiger partial charge in [0.05, 0.1) is 0 Å². The smallest absolute Gasteiger partial charge is 0.272 e. The van der Waals surface area contributed by atoms with Gasteiger partial charge in [0, 0.05) is 12.4 Å². The van der Waals surface area contributed by atoms with Crippen molar-refractivity contribution in [2.45, 2.75) is 0 Å². The fraction of sp³-hybridized carbons (Fsp3) is 0. The molecule has 0 fully saturated rings. The third-order valence-corrected chi connectivity index (χ3v) is 0.911. The van der Waals surface area contributed by atoms with Crippen LogP contribution in [0.25, 0.3) is 0 Å². The molecule has 0 N–H and O–H groups in total. The number of carbonyl (C=O) groups is 1. The van der Waals surface area contributed by atoms with Crippen molar-refractivity contribution in [2.24, 2.45) is 0 Å². The molecular weight excluding hydrogens is 140 g/mol. The van der Waals surface area contributed by atoms with Crippen molar-refractivity contribution < 1.29 is 4.79 Å². The number of hydrogen-bond donors (Lipinski definition) is 0. The van der Waals surface area contributed by atoms with Gasteiger partial charge in [0.15, 0.2) is 0 Å². The Labute approximate surface area is 56.7 Å². The molecule has 0 aliphatic carbocycles. The van der Waals surface area contributed by atoms with E-state index in [9.17, 15) is 4.79 Å². The third kappa shape index (κ3) is 1.47. The Hall–Kier alpha value is -0.960. The normalized spacial score (nSPS) is 9.00. The zero-order valence-electron chi connectivity index (χ0n) is 4.41. The Morgan fingerprint density at radius 3 is 2.33 bits per heavy atom. The number of rotatable bonds is 1. The molecule has 0 spiro atoms. The van der Waals surface area contributed by atoms with Crippen LogP contribution in [-0.4, -0.2) is 15.2 Å². The van der Waals surface area contributed by atoms with E-state index in [4.69, 9.17) is 11.6 Å². The van der Waals surface area contributed by atoms with Crippen LogP contribution < -0.4 is 0 Å². The van der Waals surface area contributed by atoms with Gasteiger partial charge in [-0.3, -0.25) is 4.79 Å². The van der Waals surface area contributed by atoms with Gasteiger partial charge in [-0.1, -0.05) is 0 Å². The molecule has 0 aliphatic heterocycles. The van der Waals surface area contributed by atoms with Crippen LogP contribution in [0.15, 0.2) is 18.5 Å². The van der Waals surface area contributed by atoms with E-state index in [2.05, 4.69) is 9.97 Å². The van der Waals surface area contributed by atoms with Gasteiger partial charge in [-0.25, -0.2) is 9.97 Å². The molecule has 1 aromatic rings. The van der Waals surface area contributed by atoms with Gasteiger partial charge < -0.3 is 0 Å². The molecule has 46 valence electrons. The van der Waals surface area contributed by atoms with Gasteiger partial charge in [-0.15, -0.1) is 0 Å². The summed E-state index contributed by atoms with van der Waals surface area (Å²) in [7, 11) is 0. The summed E-state index contributed by atoms with van der Waals surface area (Å²) in [5, 5.41) is -0.629. The summed E-state index contributed by atoms with van der Waals surface area (Å²) in [6.45, 7) is 0. The first-order valence-corrected chi connectivity index (χ1v) is 2.65. The highest BCUT2D eigenvalue weighted by Gasteiger charge is 2.00. The van der Waals surface area contributed by atoms with Crippen LogP contribution in [0.1, 0.15) is 10.6 Å². The lowest BCUT2D eigenvalue weighted by Crippen LogP contribution is -1.95. The van der Waals surface area contributed by atoms with Gasteiger partial charge >= 0.3 is 0 Å². The number of aromatic nitrogens is 2. The first-order valence-electron chi connectivity index (χ1n) is 2.27. The molecule has 0 unspecified atom stereocenters. The molecule has 1 aromatic heterocycles. The highest BCUT2D eigenvalue weighted by Crippen LogP contribution is 1.91. The predicted molar refractivity (Wildman–Crippen MR) is 32.2 cm³/mol. The van der Waals surface area contributed by atoms with Crippen molar-refractivity contribution in [1.29, 1.82) is 0 Å². The maximum atomic E-state index is 10.3. The van der Waals surface area contributed by atoms with Crippen molar-refractivity contribution in [1.82, 2.24) is 9.97 Å². The van der Waals surface area contributed by atoms with Crippen LogP contribution in [0.3, 0.4) is 0 Å². The quantitative estimate of drug-likeness (QED) is 0.546. The van der Waals surface area contributed by atoms with Gasteiger partial charge in [0.1, 0.15) is 0 Å². The Balaban J connectivity index is 2.98. The minimum Gasteiger partial charge on any atom is -0.272 e. The molecule has 3 nitrogen and oxygen atoms in total. The molecule has 0 radical (unpaired) electrons. The fourth-order valence-electron chi connectivity index (χ4n) is 0.401. The maximum absolute atomic E-state index is 10.3. The molecule has 0 amide bonds. The van der Waals surface area contributed by atoms with Crippen LogP contribution in [0.4, 0.5) is 0 Å². The monoisotopic (exact) mass is 142 g/mol. The highest BCUT2D eigenvalue weighted by molar-refractivity contribution is 6.67. The summed E-state index contributed by atoms with van der Waals surface area (Å²) >= 11 is 5.04. The van der Waals surface area contributed by atoms with Crippen LogP contribution in [0.5, 0.6) is 0 Å². The van der Waals surface area contributed by atoms with E-state index in [1.165, 1.54) is 12.4 Å². The molecule has 0 saturated heterocycles. The summed E-state index contributed by atoms with van der Waals surface area (Å²) in [6.07, 6.45) is 2.92. The molecule has 0 atom stereocenters. The summed E-state index contributed by atoms with van der Waals surface area (Å²) < 4.78 is 0. The Bertz CT molecular complexity index is 211. The molecule has 0 saturated carbocycles. The molecule has 4 heteroatoms. The summed E-state index contributed by atoms with van der Waals surface area (Å²) in [6, 6.07) is 1.61. The van der Waals surface area contributed by atoms with Crippen molar-refractivity contribution in [3.63, 3.8) is 0 Å². The van der Waals surface area contributed by atoms with E-state index >= 15 is 0 Å². The molecule has 1 rings (SSSR count). The topological polar surface area (TPSA) is 42.9 Å². The van der Waals surface area contributed by atoms with E-state index in [1.54, 1.807) is 6.07 Å². The van der Waals surface area contributed by atoms with E-state index in [0.29, 0.717) is 0 Å². The van der Waals surface area contributed by atoms with E-state index < -0.39 is 5.24 Å². The standard InChI is InChI=1S/C5H3ClN2O/c6-4(9)5-7-2-1-3-8-5/h1-3H. The lowest BCUT2D eigenvalue weighted by molar-refractivity contribution is 0.107. The molecular formula is C5H3ClN2O. The largest absolute Gasteiger partial charge is 0.289 e. The van der Waals surface area contributed by atoms with E-state index in [0.717, 1.165) is 0 Å². The second kappa shape index (κ2) is 2.55. The van der Waals surface area contributed by atoms with E-state index in [-0.39, 0.29) is 5.82 Å². The average Bonchev–Trinajstić information content (AvgIpc) is 1.90. The number of halogens is 1. The lowest BCUT2D eigenvalue weighted by atomic mass is 10.6. The molecule has 0 aliphatic rings. The summed E-state index contributed by atoms with van der Waals surface area (Å²) in [5.74, 6) is 0.0409. The molecule has 1 heterocycles. The first-order chi connectivity index (χ1) is 4.30. The fourth-order valence-corrected chi connectivity index (χ4v) is 0.498. The number of nitrogens with zero attached hydrogens (tertiary/aromatic N) is 2. The Kier molecular flexibility index (Phi) is 1.75. The number of carbonyl (C=O) groups excluding carboxylic acids is 1. The second-order valence-corrected chi connectivity index (χ2v) is 1.69. The second-order valence-electron chi connectivity index (χ2n) is 1.35. The Morgan fingerprint density at radius 1 is 1.44 bits per heavy atom. The van der Waals surface area contributed by atoms with Crippen molar-refractivity contribution in [3.8, 4) is 0 Å². The SMILES string of the molecule is O=C(Cl)c1ncccn1.